The number of ether oxygens (including phenoxy) is 1. The minimum Gasteiger partial charge on any atom is -0.465 e. The number of thiazole rings is 1. The molecule has 104 valence electrons. The predicted molar refractivity (Wildman–Crippen MR) is 77.5 cm³/mol. The second-order valence-electron chi connectivity index (χ2n) is 3.90. The molecule has 0 bridgehead atoms. The Bertz CT molecular complexity index is 622. The van der Waals surface area contributed by atoms with E-state index in [1.807, 2.05) is 12.1 Å². The van der Waals surface area contributed by atoms with E-state index in [1.54, 1.807) is 12.1 Å². The average Bonchev–Trinajstić information content (AvgIpc) is 2.88. The molecule has 1 heterocycles. The summed E-state index contributed by atoms with van der Waals surface area (Å²) >= 11 is 1.21. The second kappa shape index (κ2) is 6.16. The number of carbonyl (C=O) groups excluding carboxylic acids is 2. The third-order valence-electron chi connectivity index (χ3n) is 2.35. The van der Waals surface area contributed by atoms with Crippen molar-refractivity contribution in [2.24, 2.45) is 0 Å². The summed E-state index contributed by atoms with van der Waals surface area (Å²) in [5.41, 5.74) is 1.53. The Balaban J connectivity index is 2.04. The number of nitrogens with one attached hydrogen (secondary N) is 2. The number of nitrogens with zero attached hydrogens (tertiary/aromatic N) is 1. The zero-order valence-electron chi connectivity index (χ0n) is 11.0. The van der Waals surface area contributed by atoms with Crippen molar-refractivity contribution >= 4 is 39.7 Å². The van der Waals surface area contributed by atoms with Crippen molar-refractivity contribution in [1.29, 1.82) is 0 Å². The fourth-order valence-electron chi connectivity index (χ4n) is 1.49. The first-order valence-electron chi connectivity index (χ1n) is 5.77. The molecule has 0 spiro atoms. The molecule has 0 aliphatic rings. The lowest BCUT2D eigenvalue weighted by atomic mass is 10.3. The van der Waals surface area contributed by atoms with E-state index in [-0.39, 0.29) is 5.91 Å². The molecular formula is C13H13N3O3S. The van der Waals surface area contributed by atoms with Crippen LogP contribution >= 0.6 is 11.3 Å². The summed E-state index contributed by atoms with van der Waals surface area (Å²) in [7, 11) is 1.33. The van der Waals surface area contributed by atoms with E-state index in [1.165, 1.54) is 31.6 Å². The Morgan fingerprint density at radius 3 is 2.45 bits per heavy atom. The van der Waals surface area contributed by atoms with Gasteiger partial charge in [0.1, 0.15) is 4.88 Å². The molecule has 0 fully saturated rings. The van der Waals surface area contributed by atoms with Crippen molar-refractivity contribution in [2.45, 2.75) is 6.92 Å². The van der Waals surface area contributed by atoms with E-state index in [2.05, 4.69) is 20.4 Å². The Labute approximate surface area is 119 Å². The smallest absolute Gasteiger partial charge is 0.349 e. The maximum Gasteiger partial charge on any atom is 0.349 e. The zero-order valence-corrected chi connectivity index (χ0v) is 11.8. The summed E-state index contributed by atoms with van der Waals surface area (Å²) in [6.07, 6.45) is 1.46. The number of methoxy groups -OCH3 is 1. The SMILES string of the molecule is COC(=O)c1cnc(Nc2ccc(NC(C)=O)cc2)s1. The topological polar surface area (TPSA) is 80.3 Å². The van der Waals surface area contributed by atoms with Gasteiger partial charge in [0, 0.05) is 18.3 Å². The predicted octanol–water partition coefficient (Wildman–Crippen LogP) is 2.63. The van der Waals surface area contributed by atoms with Crippen LogP contribution in [0.1, 0.15) is 16.6 Å². The molecule has 0 aliphatic heterocycles. The van der Waals surface area contributed by atoms with E-state index in [9.17, 15) is 9.59 Å². The summed E-state index contributed by atoms with van der Waals surface area (Å²) in [6.45, 7) is 1.45. The van der Waals surface area contributed by atoms with E-state index in [0.29, 0.717) is 10.0 Å². The minimum absolute atomic E-state index is 0.117. The number of hydrogen-bond acceptors (Lipinski definition) is 6. The molecule has 0 saturated carbocycles. The molecule has 0 aliphatic carbocycles. The maximum atomic E-state index is 11.3. The first-order chi connectivity index (χ1) is 9.58. The van der Waals surface area contributed by atoms with Gasteiger partial charge in [-0.1, -0.05) is 11.3 Å². The average molecular weight is 291 g/mol. The number of aromatic nitrogens is 1. The van der Waals surface area contributed by atoms with Crippen LogP contribution in [0.15, 0.2) is 30.5 Å². The van der Waals surface area contributed by atoms with Gasteiger partial charge >= 0.3 is 5.97 Å². The van der Waals surface area contributed by atoms with Gasteiger partial charge in [-0.3, -0.25) is 4.79 Å². The van der Waals surface area contributed by atoms with Crippen LogP contribution in [0.25, 0.3) is 0 Å². The molecule has 1 aromatic carbocycles. The lowest BCUT2D eigenvalue weighted by molar-refractivity contribution is -0.114. The van der Waals surface area contributed by atoms with Gasteiger partial charge in [-0.15, -0.1) is 0 Å². The van der Waals surface area contributed by atoms with Crippen molar-refractivity contribution in [1.82, 2.24) is 4.98 Å². The lowest BCUT2D eigenvalue weighted by Crippen LogP contribution is -2.05. The zero-order chi connectivity index (χ0) is 14.5. The van der Waals surface area contributed by atoms with Crippen molar-refractivity contribution in [3.8, 4) is 0 Å². The summed E-state index contributed by atoms with van der Waals surface area (Å²) in [4.78, 5) is 26.7. The quantitative estimate of drug-likeness (QED) is 0.846. The van der Waals surface area contributed by atoms with Crippen LogP contribution in [0.2, 0.25) is 0 Å². The molecule has 1 aromatic heterocycles. The Kier molecular flexibility index (Phi) is 4.31. The lowest BCUT2D eigenvalue weighted by Gasteiger charge is -2.05. The minimum atomic E-state index is -0.406. The first kappa shape index (κ1) is 14.0. The van der Waals surface area contributed by atoms with Gasteiger partial charge in [0.25, 0.3) is 0 Å². The molecule has 0 radical (unpaired) electrons. The molecule has 0 unspecified atom stereocenters. The fraction of sp³-hybridized carbons (Fsp3) is 0.154. The summed E-state index contributed by atoms with van der Waals surface area (Å²) in [5.74, 6) is -0.523. The van der Waals surface area contributed by atoms with Crippen LogP contribution < -0.4 is 10.6 Å². The molecule has 2 aromatic rings. The highest BCUT2D eigenvalue weighted by Crippen LogP contribution is 2.23. The molecule has 0 atom stereocenters. The second-order valence-corrected chi connectivity index (χ2v) is 4.94. The van der Waals surface area contributed by atoms with Crippen LogP contribution in [-0.4, -0.2) is 24.0 Å². The highest BCUT2D eigenvalue weighted by molar-refractivity contribution is 7.17. The molecule has 7 heteroatoms. The number of hydrogen-bond donors (Lipinski definition) is 2. The van der Waals surface area contributed by atoms with Crippen molar-refractivity contribution in [2.75, 3.05) is 17.7 Å². The van der Waals surface area contributed by atoms with E-state index < -0.39 is 5.97 Å². The summed E-state index contributed by atoms with van der Waals surface area (Å²) in [5, 5.41) is 6.35. The Morgan fingerprint density at radius 1 is 1.20 bits per heavy atom. The van der Waals surface area contributed by atoms with Crippen molar-refractivity contribution in [3.63, 3.8) is 0 Å². The number of anilines is 3. The van der Waals surface area contributed by atoms with Gasteiger partial charge in [-0.25, -0.2) is 9.78 Å². The van der Waals surface area contributed by atoms with E-state index in [0.717, 1.165) is 11.4 Å². The van der Waals surface area contributed by atoms with Gasteiger partial charge in [-0.05, 0) is 24.3 Å². The monoisotopic (exact) mass is 291 g/mol. The van der Waals surface area contributed by atoms with E-state index in [4.69, 9.17) is 0 Å². The molecule has 0 saturated heterocycles. The molecular weight excluding hydrogens is 278 g/mol. The van der Waals surface area contributed by atoms with Crippen LogP contribution in [-0.2, 0) is 9.53 Å². The van der Waals surface area contributed by atoms with Gasteiger partial charge < -0.3 is 15.4 Å². The third kappa shape index (κ3) is 3.55. The van der Waals surface area contributed by atoms with Crippen LogP contribution in [0, 0.1) is 0 Å². The number of rotatable bonds is 4. The van der Waals surface area contributed by atoms with Gasteiger partial charge in [-0.2, -0.15) is 0 Å². The molecule has 2 N–H and O–H groups in total. The van der Waals surface area contributed by atoms with E-state index >= 15 is 0 Å². The molecule has 2 rings (SSSR count). The highest BCUT2D eigenvalue weighted by Gasteiger charge is 2.10. The number of amides is 1. The Hall–Kier alpha value is -2.41. The number of benzene rings is 1. The third-order valence-corrected chi connectivity index (χ3v) is 3.24. The summed E-state index contributed by atoms with van der Waals surface area (Å²) in [6, 6.07) is 7.17. The normalized spacial score (nSPS) is 9.90. The number of carbonyl (C=O) groups is 2. The first-order valence-corrected chi connectivity index (χ1v) is 6.59. The van der Waals surface area contributed by atoms with Crippen LogP contribution in [0.3, 0.4) is 0 Å². The van der Waals surface area contributed by atoms with Crippen molar-refractivity contribution < 1.29 is 14.3 Å². The maximum absolute atomic E-state index is 11.3. The molecule has 1 amide bonds. The Morgan fingerprint density at radius 2 is 1.85 bits per heavy atom. The van der Waals surface area contributed by atoms with Gasteiger partial charge in [0.15, 0.2) is 5.13 Å². The van der Waals surface area contributed by atoms with Gasteiger partial charge in [0.2, 0.25) is 5.91 Å². The molecule has 20 heavy (non-hydrogen) atoms. The molecule has 6 nitrogen and oxygen atoms in total. The van der Waals surface area contributed by atoms with Crippen LogP contribution in [0.4, 0.5) is 16.5 Å². The fourth-order valence-corrected chi connectivity index (χ4v) is 2.25. The number of esters is 1. The van der Waals surface area contributed by atoms with Crippen molar-refractivity contribution in [3.05, 3.63) is 35.3 Å². The highest BCUT2D eigenvalue weighted by atomic mass is 32.1. The van der Waals surface area contributed by atoms with Gasteiger partial charge in [0.05, 0.1) is 13.3 Å². The van der Waals surface area contributed by atoms with Crippen LogP contribution in [0.5, 0.6) is 0 Å². The largest absolute Gasteiger partial charge is 0.465 e. The summed E-state index contributed by atoms with van der Waals surface area (Å²) < 4.78 is 4.62. The standard InChI is InChI=1S/C13H13N3O3S/c1-8(17)15-9-3-5-10(6-4-9)16-13-14-7-11(20-13)12(18)19-2/h3-7H,1-2H3,(H,14,16)(H,15,17).